The third-order valence-corrected chi connectivity index (χ3v) is 3.41. The molecule has 16 heavy (non-hydrogen) atoms. The maximum atomic E-state index is 12.1. The summed E-state index contributed by atoms with van der Waals surface area (Å²) in [4.78, 5) is 16.1. The van der Waals surface area contributed by atoms with E-state index in [1.165, 1.54) is 0 Å². The van der Waals surface area contributed by atoms with E-state index < -0.39 is 0 Å². The normalized spacial score (nSPS) is 24.1. The molecule has 2 atom stereocenters. The Balaban J connectivity index is 2.55. The van der Waals surface area contributed by atoms with Gasteiger partial charge in [-0.25, -0.2) is 0 Å². The number of nitrogens with zero attached hydrogens (tertiary/aromatic N) is 2. The maximum absolute atomic E-state index is 12.1. The number of likely N-dealkylation sites (N-methyl/N-ethyl adjacent to an activating group) is 1. The summed E-state index contributed by atoms with van der Waals surface area (Å²) < 4.78 is 0. The molecular formula is C12H24N2O2. The number of carbonyl (C=O) groups is 1. The number of hydrogen-bond acceptors (Lipinski definition) is 3. The SMILES string of the molecule is CCN(CC)C(=O)C(C)N1CCC[C@H](O)C1. The van der Waals surface area contributed by atoms with Crippen molar-refractivity contribution in [2.45, 2.75) is 45.8 Å². The molecule has 1 rings (SSSR count). The van der Waals surface area contributed by atoms with Gasteiger partial charge in [0.15, 0.2) is 0 Å². The van der Waals surface area contributed by atoms with Gasteiger partial charge in [0.2, 0.25) is 5.91 Å². The quantitative estimate of drug-likeness (QED) is 0.770. The summed E-state index contributed by atoms with van der Waals surface area (Å²) >= 11 is 0. The highest BCUT2D eigenvalue weighted by Gasteiger charge is 2.28. The van der Waals surface area contributed by atoms with Crippen LogP contribution < -0.4 is 0 Å². The number of amides is 1. The standard InChI is InChI=1S/C12H24N2O2/c1-4-13(5-2)12(16)10(3)14-8-6-7-11(15)9-14/h10-11,15H,4-9H2,1-3H3/t10?,11-/m0/s1. The summed E-state index contributed by atoms with van der Waals surface area (Å²) in [6, 6.07) is -0.102. The minimum absolute atomic E-state index is 0.102. The van der Waals surface area contributed by atoms with Gasteiger partial charge in [-0.1, -0.05) is 0 Å². The Morgan fingerprint density at radius 3 is 2.62 bits per heavy atom. The molecule has 0 aromatic heterocycles. The molecule has 94 valence electrons. The van der Waals surface area contributed by atoms with Crippen molar-refractivity contribution in [3.05, 3.63) is 0 Å². The molecule has 4 nitrogen and oxygen atoms in total. The van der Waals surface area contributed by atoms with Crippen molar-refractivity contribution in [1.82, 2.24) is 9.80 Å². The van der Waals surface area contributed by atoms with Gasteiger partial charge in [0.1, 0.15) is 0 Å². The van der Waals surface area contributed by atoms with E-state index in [-0.39, 0.29) is 18.1 Å². The summed E-state index contributed by atoms with van der Waals surface area (Å²) in [7, 11) is 0. The lowest BCUT2D eigenvalue weighted by molar-refractivity contribution is -0.137. The number of piperidine rings is 1. The van der Waals surface area contributed by atoms with Crippen LogP contribution in [-0.4, -0.2) is 59.1 Å². The lowest BCUT2D eigenvalue weighted by Crippen LogP contribution is -2.51. The van der Waals surface area contributed by atoms with Gasteiger partial charge >= 0.3 is 0 Å². The van der Waals surface area contributed by atoms with Crippen LogP contribution in [0.2, 0.25) is 0 Å². The highest BCUT2D eigenvalue weighted by Crippen LogP contribution is 2.14. The third-order valence-electron chi connectivity index (χ3n) is 3.41. The summed E-state index contributed by atoms with van der Waals surface area (Å²) in [6.45, 7) is 9.02. The minimum Gasteiger partial charge on any atom is -0.392 e. The maximum Gasteiger partial charge on any atom is 0.239 e. The minimum atomic E-state index is -0.263. The molecule has 0 aliphatic carbocycles. The average Bonchev–Trinajstić information content (AvgIpc) is 2.29. The van der Waals surface area contributed by atoms with Gasteiger partial charge < -0.3 is 10.0 Å². The van der Waals surface area contributed by atoms with Crippen LogP contribution in [0.15, 0.2) is 0 Å². The molecule has 0 radical (unpaired) electrons. The number of carbonyl (C=O) groups excluding carboxylic acids is 1. The van der Waals surface area contributed by atoms with Crippen molar-refractivity contribution < 1.29 is 9.90 Å². The third kappa shape index (κ3) is 3.19. The average molecular weight is 228 g/mol. The Bertz CT molecular complexity index is 229. The van der Waals surface area contributed by atoms with Gasteiger partial charge in [0.05, 0.1) is 12.1 Å². The van der Waals surface area contributed by atoms with Crippen molar-refractivity contribution in [3.8, 4) is 0 Å². The molecule has 1 aliphatic rings. The molecule has 1 aliphatic heterocycles. The fourth-order valence-corrected chi connectivity index (χ4v) is 2.29. The zero-order valence-corrected chi connectivity index (χ0v) is 10.6. The number of rotatable bonds is 4. The first kappa shape index (κ1) is 13.5. The summed E-state index contributed by atoms with van der Waals surface area (Å²) in [5, 5.41) is 9.60. The second-order valence-corrected chi connectivity index (χ2v) is 4.48. The summed E-state index contributed by atoms with van der Waals surface area (Å²) in [5.41, 5.74) is 0. The molecule has 0 aromatic carbocycles. The molecule has 1 amide bonds. The summed E-state index contributed by atoms with van der Waals surface area (Å²) in [6.07, 6.45) is 1.58. The molecule has 1 unspecified atom stereocenters. The first-order valence-electron chi connectivity index (χ1n) is 6.31. The van der Waals surface area contributed by atoms with Gasteiger partial charge in [-0.2, -0.15) is 0 Å². The van der Waals surface area contributed by atoms with Gasteiger partial charge in [-0.3, -0.25) is 9.69 Å². The lowest BCUT2D eigenvalue weighted by Gasteiger charge is -2.36. The van der Waals surface area contributed by atoms with Crippen LogP contribution >= 0.6 is 0 Å². The Hall–Kier alpha value is -0.610. The van der Waals surface area contributed by atoms with Crippen molar-refractivity contribution in [3.63, 3.8) is 0 Å². The Morgan fingerprint density at radius 2 is 2.12 bits per heavy atom. The van der Waals surface area contributed by atoms with Crippen molar-refractivity contribution in [2.75, 3.05) is 26.2 Å². The molecule has 0 aromatic rings. The van der Waals surface area contributed by atoms with Crippen LogP contribution in [0.4, 0.5) is 0 Å². The topological polar surface area (TPSA) is 43.8 Å². The lowest BCUT2D eigenvalue weighted by atomic mass is 10.1. The van der Waals surface area contributed by atoms with Gasteiger partial charge in [-0.05, 0) is 40.2 Å². The molecule has 0 bridgehead atoms. The molecule has 1 N–H and O–H groups in total. The van der Waals surface area contributed by atoms with Crippen molar-refractivity contribution >= 4 is 5.91 Å². The van der Waals surface area contributed by atoms with E-state index >= 15 is 0 Å². The number of aliphatic hydroxyl groups is 1. The van der Waals surface area contributed by atoms with Crippen LogP contribution in [0.3, 0.4) is 0 Å². The van der Waals surface area contributed by atoms with Gasteiger partial charge in [0.25, 0.3) is 0 Å². The van der Waals surface area contributed by atoms with E-state index in [2.05, 4.69) is 4.90 Å². The second-order valence-electron chi connectivity index (χ2n) is 4.48. The van der Waals surface area contributed by atoms with Crippen LogP contribution in [0, 0.1) is 0 Å². The highest BCUT2D eigenvalue weighted by atomic mass is 16.3. The van der Waals surface area contributed by atoms with Crippen LogP contribution in [0.1, 0.15) is 33.6 Å². The first-order valence-corrected chi connectivity index (χ1v) is 6.31. The first-order chi connectivity index (χ1) is 7.60. The van der Waals surface area contributed by atoms with Crippen LogP contribution in [0.5, 0.6) is 0 Å². The molecule has 1 saturated heterocycles. The smallest absolute Gasteiger partial charge is 0.239 e. The Labute approximate surface area is 98.2 Å². The van der Waals surface area contributed by atoms with E-state index in [1.807, 2.05) is 25.7 Å². The summed E-state index contributed by atoms with van der Waals surface area (Å²) in [5.74, 6) is 0.180. The predicted octanol–water partition coefficient (Wildman–Crippen LogP) is 0.700. The monoisotopic (exact) mass is 228 g/mol. The van der Waals surface area contributed by atoms with Crippen molar-refractivity contribution in [2.24, 2.45) is 0 Å². The van der Waals surface area contributed by atoms with Crippen LogP contribution in [0.25, 0.3) is 0 Å². The molecule has 1 fully saturated rings. The van der Waals surface area contributed by atoms with Gasteiger partial charge in [0, 0.05) is 19.6 Å². The van der Waals surface area contributed by atoms with Gasteiger partial charge in [-0.15, -0.1) is 0 Å². The Morgan fingerprint density at radius 1 is 1.50 bits per heavy atom. The zero-order chi connectivity index (χ0) is 12.1. The van der Waals surface area contributed by atoms with E-state index in [4.69, 9.17) is 0 Å². The Kier molecular flexibility index (Phi) is 5.22. The molecule has 4 heteroatoms. The second kappa shape index (κ2) is 6.21. The zero-order valence-electron chi connectivity index (χ0n) is 10.6. The highest BCUT2D eigenvalue weighted by molar-refractivity contribution is 5.81. The predicted molar refractivity (Wildman–Crippen MR) is 64.2 cm³/mol. The van der Waals surface area contributed by atoms with Crippen molar-refractivity contribution in [1.29, 1.82) is 0 Å². The van der Waals surface area contributed by atoms with E-state index in [0.717, 1.165) is 32.5 Å². The fourth-order valence-electron chi connectivity index (χ4n) is 2.29. The van der Waals surface area contributed by atoms with E-state index in [1.54, 1.807) is 0 Å². The largest absolute Gasteiger partial charge is 0.392 e. The number of β-amino-alcohol motifs (C(OH)–C–C–N with tert-alkyl or cyclic N) is 1. The number of hydrogen-bond donors (Lipinski definition) is 1. The van der Waals surface area contributed by atoms with E-state index in [9.17, 15) is 9.90 Å². The molecule has 1 heterocycles. The van der Waals surface area contributed by atoms with E-state index in [0.29, 0.717) is 6.54 Å². The number of aliphatic hydroxyl groups excluding tert-OH is 1. The van der Waals surface area contributed by atoms with Crippen LogP contribution in [-0.2, 0) is 4.79 Å². The molecule has 0 spiro atoms. The molecule has 0 saturated carbocycles. The fraction of sp³-hybridized carbons (Fsp3) is 0.917. The molecular weight excluding hydrogens is 204 g/mol. The number of likely N-dealkylation sites (tertiary alicyclic amines) is 1.